The van der Waals surface area contributed by atoms with Gasteiger partial charge in [-0.15, -0.1) is 11.3 Å². The normalized spacial score (nSPS) is 20.4. The van der Waals surface area contributed by atoms with E-state index >= 15 is 0 Å². The predicted octanol–water partition coefficient (Wildman–Crippen LogP) is 1.27. The number of thiophene rings is 1. The molecule has 0 atom stereocenters. The number of primary amides is 1. The molecule has 2 aliphatic heterocycles. The number of rotatable bonds is 4. The van der Waals surface area contributed by atoms with Crippen LogP contribution in [0.1, 0.15) is 40.1 Å². The van der Waals surface area contributed by atoms with Crippen LogP contribution in [0.25, 0.3) is 0 Å². The van der Waals surface area contributed by atoms with E-state index in [1.807, 2.05) is 0 Å². The van der Waals surface area contributed by atoms with Gasteiger partial charge in [0.05, 0.1) is 10.6 Å². The molecule has 1 aromatic heterocycles. The predicted molar refractivity (Wildman–Crippen MR) is 86.5 cm³/mol. The van der Waals surface area contributed by atoms with Gasteiger partial charge >= 0.3 is 0 Å². The highest BCUT2D eigenvalue weighted by Gasteiger charge is 2.26. The van der Waals surface area contributed by atoms with E-state index in [1.54, 1.807) is 0 Å². The van der Waals surface area contributed by atoms with Crippen molar-refractivity contribution in [2.24, 2.45) is 5.73 Å². The Kier molecular flexibility index (Phi) is 4.47. The largest absolute Gasteiger partial charge is 0.390 e. The fourth-order valence-corrected chi connectivity index (χ4v) is 4.57. The molecule has 6 heteroatoms. The maximum Gasteiger partial charge on any atom is 0.251 e. The lowest BCUT2D eigenvalue weighted by Gasteiger charge is -2.31. The summed E-state index contributed by atoms with van der Waals surface area (Å²) in [6.07, 6.45) is 4.95. The van der Waals surface area contributed by atoms with Gasteiger partial charge in [-0.2, -0.15) is 0 Å². The van der Waals surface area contributed by atoms with Crippen LogP contribution >= 0.6 is 11.3 Å². The second kappa shape index (κ2) is 6.34. The first-order valence-corrected chi connectivity index (χ1v) is 8.61. The molecule has 2 aliphatic rings. The van der Waals surface area contributed by atoms with E-state index in [4.69, 9.17) is 11.5 Å². The summed E-state index contributed by atoms with van der Waals surface area (Å²) in [6.45, 7) is 6.65. The van der Waals surface area contributed by atoms with Gasteiger partial charge in [-0.1, -0.05) is 6.42 Å². The SMILES string of the molecule is NC(=O)c1c(N)sc2c1CCN(CCN1CCCCC1)C2. The third-order valence-corrected chi connectivity index (χ3v) is 5.64. The van der Waals surface area contributed by atoms with Crippen molar-refractivity contribution in [1.29, 1.82) is 0 Å². The first-order chi connectivity index (χ1) is 10.1. The molecule has 1 aromatic rings. The fraction of sp³-hybridized carbons (Fsp3) is 0.667. The monoisotopic (exact) mass is 308 g/mol. The minimum absolute atomic E-state index is 0.383. The van der Waals surface area contributed by atoms with Crippen molar-refractivity contribution in [3.63, 3.8) is 0 Å². The Balaban J connectivity index is 1.59. The van der Waals surface area contributed by atoms with Gasteiger partial charge in [0, 0.05) is 31.1 Å². The van der Waals surface area contributed by atoms with Crippen molar-refractivity contribution >= 4 is 22.2 Å². The Bertz CT molecular complexity index is 522. The molecule has 0 aliphatic carbocycles. The number of nitrogens with zero attached hydrogens (tertiary/aromatic N) is 2. The molecule has 0 radical (unpaired) electrons. The van der Waals surface area contributed by atoms with Crippen molar-refractivity contribution in [3.05, 3.63) is 16.0 Å². The summed E-state index contributed by atoms with van der Waals surface area (Å²) in [7, 11) is 0. The van der Waals surface area contributed by atoms with Crippen molar-refractivity contribution in [2.75, 3.05) is 38.5 Å². The average Bonchev–Trinajstić information content (AvgIpc) is 2.81. The minimum Gasteiger partial charge on any atom is -0.390 e. The van der Waals surface area contributed by atoms with Crippen LogP contribution in [0.5, 0.6) is 0 Å². The molecule has 0 saturated carbocycles. The topological polar surface area (TPSA) is 75.6 Å². The number of amides is 1. The van der Waals surface area contributed by atoms with E-state index in [9.17, 15) is 4.79 Å². The highest BCUT2D eigenvalue weighted by molar-refractivity contribution is 7.16. The van der Waals surface area contributed by atoms with Gasteiger partial charge in [-0.05, 0) is 37.9 Å². The number of nitrogen functional groups attached to an aromatic ring is 1. The van der Waals surface area contributed by atoms with E-state index in [0.717, 1.165) is 38.2 Å². The van der Waals surface area contributed by atoms with Gasteiger partial charge in [0.2, 0.25) is 0 Å². The molecule has 4 N–H and O–H groups in total. The van der Waals surface area contributed by atoms with Crippen molar-refractivity contribution in [1.82, 2.24) is 9.80 Å². The molecule has 21 heavy (non-hydrogen) atoms. The van der Waals surface area contributed by atoms with Crippen LogP contribution in [0, 0.1) is 0 Å². The Morgan fingerprint density at radius 2 is 1.81 bits per heavy atom. The van der Waals surface area contributed by atoms with E-state index in [2.05, 4.69) is 9.80 Å². The molecule has 0 aromatic carbocycles. The standard InChI is InChI=1S/C15H24N4OS/c16-14(20)13-11-4-7-19(10-12(11)21-15(13)17)9-8-18-5-2-1-3-6-18/h1-10,17H2,(H2,16,20). The van der Waals surface area contributed by atoms with Gasteiger partial charge in [0.15, 0.2) is 0 Å². The number of nitrogens with two attached hydrogens (primary N) is 2. The van der Waals surface area contributed by atoms with E-state index < -0.39 is 0 Å². The van der Waals surface area contributed by atoms with Gasteiger partial charge in [-0.25, -0.2) is 0 Å². The first-order valence-electron chi connectivity index (χ1n) is 7.79. The number of hydrogen-bond donors (Lipinski definition) is 2. The van der Waals surface area contributed by atoms with Gasteiger partial charge in [0.25, 0.3) is 5.91 Å². The molecular weight excluding hydrogens is 284 g/mol. The maximum atomic E-state index is 11.5. The lowest BCUT2D eigenvalue weighted by Crippen LogP contribution is -2.39. The molecule has 0 spiro atoms. The lowest BCUT2D eigenvalue weighted by atomic mass is 10.0. The van der Waals surface area contributed by atoms with Crippen molar-refractivity contribution in [3.8, 4) is 0 Å². The Hall–Kier alpha value is -1.11. The van der Waals surface area contributed by atoms with Crippen LogP contribution in [0.2, 0.25) is 0 Å². The zero-order chi connectivity index (χ0) is 14.8. The molecule has 5 nitrogen and oxygen atoms in total. The highest BCUT2D eigenvalue weighted by Crippen LogP contribution is 2.34. The number of anilines is 1. The van der Waals surface area contributed by atoms with E-state index in [-0.39, 0.29) is 5.91 Å². The molecule has 3 rings (SSSR count). The molecule has 0 bridgehead atoms. The summed E-state index contributed by atoms with van der Waals surface area (Å²) in [5, 5.41) is 0.588. The maximum absolute atomic E-state index is 11.5. The zero-order valence-electron chi connectivity index (χ0n) is 12.4. The van der Waals surface area contributed by atoms with Crippen molar-refractivity contribution in [2.45, 2.75) is 32.2 Å². The quantitative estimate of drug-likeness (QED) is 0.878. The number of hydrogen-bond acceptors (Lipinski definition) is 5. The third-order valence-electron chi connectivity index (χ3n) is 4.59. The summed E-state index contributed by atoms with van der Waals surface area (Å²) in [4.78, 5) is 17.8. The first kappa shape index (κ1) is 14.8. The Morgan fingerprint density at radius 3 is 2.52 bits per heavy atom. The lowest BCUT2D eigenvalue weighted by molar-refractivity contribution is 0.0999. The second-order valence-electron chi connectivity index (χ2n) is 6.04. The highest BCUT2D eigenvalue weighted by atomic mass is 32.1. The molecule has 1 fully saturated rings. The van der Waals surface area contributed by atoms with Crippen LogP contribution < -0.4 is 11.5 Å². The Labute approximate surface area is 129 Å². The number of carbonyl (C=O) groups is 1. The van der Waals surface area contributed by atoms with Gasteiger partial charge < -0.3 is 16.4 Å². The smallest absolute Gasteiger partial charge is 0.251 e. The second-order valence-corrected chi connectivity index (χ2v) is 7.17. The van der Waals surface area contributed by atoms with E-state index in [1.165, 1.54) is 48.6 Å². The van der Waals surface area contributed by atoms with Crippen LogP contribution in [0.15, 0.2) is 0 Å². The number of piperidine rings is 1. The summed E-state index contributed by atoms with van der Waals surface area (Å²) in [6, 6.07) is 0. The minimum atomic E-state index is -0.383. The summed E-state index contributed by atoms with van der Waals surface area (Å²) in [5.41, 5.74) is 13.1. The van der Waals surface area contributed by atoms with Crippen LogP contribution in [-0.2, 0) is 13.0 Å². The summed E-state index contributed by atoms with van der Waals surface area (Å²) in [5.74, 6) is -0.383. The number of fused-ring (bicyclic) bond motifs is 1. The Morgan fingerprint density at radius 1 is 1.10 bits per heavy atom. The van der Waals surface area contributed by atoms with Crippen LogP contribution in [0.3, 0.4) is 0 Å². The molecule has 1 saturated heterocycles. The molecule has 0 unspecified atom stereocenters. The zero-order valence-corrected chi connectivity index (χ0v) is 13.3. The molecule has 116 valence electrons. The molecule has 3 heterocycles. The van der Waals surface area contributed by atoms with Crippen LogP contribution in [-0.4, -0.2) is 48.4 Å². The fourth-order valence-electron chi connectivity index (χ4n) is 3.40. The third kappa shape index (κ3) is 3.22. The number of carbonyl (C=O) groups excluding carboxylic acids is 1. The summed E-state index contributed by atoms with van der Waals surface area (Å²) >= 11 is 1.53. The van der Waals surface area contributed by atoms with Crippen molar-refractivity contribution < 1.29 is 4.79 Å². The molecular formula is C15H24N4OS. The van der Waals surface area contributed by atoms with E-state index in [0.29, 0.717) is 10.6 Å². The average molecular weight is 308 g/mol. The molecule has 1 amide bonds. The van der Waals surface area contributed by atoms with Gasteiger partial charge in [-0.3, -0.25) is 9.69 Å². The van der Waals surface area contributed by atoms with Crippen LogP contribution in [0.4, 0.5) is 5.00 Å². The van der Waals surface area contributed by atoms with Gasteiger partial charge in [0.1, 0.15) is 0 Å². The number of likely N-dealkylation sites (tertiary alicyclic amines) is 1. The summed E-state index contributed by atoms with van der Waals surface area (Å²) < 4.78 is 0.